The van der Waals surface area contributed by atoms with Crippen molar-refractivity contribution in [2.75, 3.05) is 13.2 Å². The molecule has 6 nitrogen and oxygen atoms in total. The van der Waals surface area contributed by atoms with Gasteiger partial charge in [0, 0.05) is 18.2 Å². The van der Waals surface area contributed by atoms with Crippen LogP contribution in [0.2, 0.25) is 0 Å². The summed E-state index contributed by atoms with van der Waals surface area (Å²) in [7, 11) is 0. The fourth-order valence-electron chi connectivity index (χ4n) is 1.56. The van der Waals surface area contributed by atoms with E-state index >= 15 is 0 Å². The average molecular weight is 318 g/mol. The van der Waals surface area contributed by atoms with E-state index in [1.165, 1.54) is 6.07 Å². The second-order valence-corrected chi connectivity index (χ2v) is 5.82. The van der Waals surface area contributed by atoms with E-state index in [9.17, 15) is 15.2 Å². The van der Waals surface area contributed by atoms with Gasteiger partial charge in [-0.1, -0.05) is 6.07 Å². The summed E-state index contributed by atoms with van der Waals surface area (Å²) in [6, 6.07) is 4.66. The van der Waals surface area contributed by atoms with Crippen LogP contribution in [0.4, 0.5) is 5.69 Å². The summed E-state index contributed by atoms with van der Waals surface area (Å²) in [5.74, 6) is 0.185. The average Bonchev–Trinajstić information content (AvgIpc) is 2.32. The number of hydrogen-bond donors (Lipinski definition) is 2. The highest BCUT2D eigenvalue weighted by atomic mass is 35.5. The molecular weight excluding hydrogens is 296 g/mol. The van der Waals surface area contributed by atoms with Crippen molar-refractivity contribution in [3.8, 4) is 5.75 Å². The van der Waals surface area contributed by atoms with Crippen molar-refractivity contribution in [1.82, 2.24) is 5.32 Å². The number of halogens is 1. The van der Waals surface area contributed by atoms with E-state index in [0.717, 1.165) is 5.56 Å². The summed E-state index contributed by atoms with van der Waals surface area (Å²) in [4.78, 5) is 10.4. The summed E-state index contributed by atoms with van der Waals surface area (Å²) in [6.07, 6.45) is -0.727. The Morgan fingerprint density at radius 3 is 2.57 bits per heavy atom. The number of aryl methyl sites for hydroxylation is 1. The number of rotatable bonds is 6. The molecule has 7 heteroatoms. The Kier molecular flexibility index (Phi) is 7.63. The third-order valence-corrected chi connectivity index (χ3v) is 2.61. The zero-order valence-corrected chi connectivity index (χ0v) is 13.5. The van der Waals surface area contributed by atoms with Gasteiger partial charge in [0.25, 0.3) is 0 Å². The number of β-amino-alcohol motifs (C(OH)–C–C–N with tert-alkyl or cyclic N) is 1. The largest absolute Gasteiger partial charge is 1.00 e. The van der Waals surface area contributed by atoms with Gasteiger partial charge in [0.1, 0.15) is 12.7 Å². The molecule has 0 saturated carbocycles. The van der Waals surface area contributed by atoms with E-state index < -0.39 is 11.0 Å². The molecule has 0 aliphatic carbocycles. The molecule has 1 aromatic carbocycles. The van der Waals surface area contributed by atoms with Gasteiger partial charge in [-0.25, -0.2) is 0 Å². The van der Waals surface area contributed by atoms with E-state index in [4.69, 9.17) is 4.74 Å². The van der Waals surface area contributed by atoms with Crippen LogP contribution in [-0.2, 0) is 0 Å². The molecule has 0 saturated heterocycles. The quantitative estimate of drug-likeness (QED) is 0.521. The van der Waals surface area contributed by atoms with E-state index in [-0.39, 0.29) is 36.0 Å². The van der Waals surface area contributed by atoms with E-state index in [0.29, 0.717) is 6.54 Å². The van der Waals surface area contributed by atoms with Crippen molar-refractivity contribution in [3.63, 3.8) is 0 Å². The number of nitrogens with one attached hydrogen (secondary N) is 1. The van der Waals surface area contributed by atoms with Crippen molar-refractivity contribution in [1.29, 1.82) is 0 Å². The normalized spacial score (nSPS) is 12.4. The Labute approximate surface area is 131 Å². The SMILES string of the molecule is Cc1ccc([N+](=O)[O-])c(OCC(O)CNC(C)(C)C)c1.[Cl-]. The zero-order chi connectivity index (χ0) is 15.3. The van der Waals surface area contributed by atoms with Crippen molar-refractivity contribution in [3.05, 3.63) is 33.9 Å². The highest BCUT2D eigenvalue weighted by molar-refractivity contribution is 5.48. The molecule has 1 rings (SSSR count). The molecule has 120 valence electrons. The summed E-state index contributed by atoms with van der Waals surface area (Å²) >= 11 is 0. The van der Waals surface area contributed by atoms with Gasteiger partial charge in [-0.2, -0.15) is 0 Å². The van der Waals surface area contributed by atoms with E-state index in [2.05, 4.69) is 5.32 Å². The number of benzene rings is 1. The number of nitro benzene ring substituents is 1. The van der Waals surface area contributed by atoms with Crippen LogP contribution in [0.3, 0.4) is 0 Å². The maximum atomic E-state index is 10.9. The lowest BCUT2D eigenvalue weighted by Crippen LogP contribution is -3.00. The molecule has 0 aliphatic rings. The number of nitrogens with zero attached hydrogens (tertiary/aromatic N) is 1. The minimum atomic E-state index is -0.727. The lowest BCUT2D eigenvalue weighted by molar-refractivity contribution is -0.385. The molecule has 0 radical (unpaired) electrons. The standard InChI is InChI=1S/C14H22N2O4.ClH/c1-10-5-6-12(16(18)19)13(7-10)20-9-11(17)8-15-14(2,3)4;/h5-7,11,15,17H,8-9H2,1-4H3;1H/p-1. The molecule has 1 unspecified atom stereocenters. The Morgan fingerprint density at radius 1 is 1.43 bits per heavy atom. The molecule has 0 aromatic heterocycles. The maximum Gasteiger partial charge on any atom is 0.310 e. The Morgan fingerprint density at radius 2 is 2.05 bits per heavy atom. The predicted molar refractivity (Wildman–Crippen MR) is 77.1 cm³/mol. The number of hydrogen-bond acceptors (Lipinski definition) is 5. The summed E-state index contributed by atoms with van der Waals surface area (Å²) in [5.41, 5.74) is 0.676. The Balaban J connectivity index is 0.00000400. The van der Waals surface area contributed by atoms with Crippen molar-refractivity contribution < 1.29 is 27.2 Å². The molecule has 0 aliphatic heterocycles. The van der Waals surface area contributed by atoms with Crippen molar-refractivity contribution >= 4 is 5.69 Å². The second-order valence-electron chi connectivity index (χ2n) is 5.82. The molecular formula is C14H22ClN2O4-. The first-order chi connectivity index (χ1) is 9.19. The molecule has 0 bridgehead atoms. The molecule has 0 amide bonds. The van der Waals surface area contributed by atoms with Crippen molar-refractivity contribution in [2.45, 2.75) is 39.3 Å². The number of aliphatic hydroxyl groups excluding tert-OH is 1. The predicted octanol–water partition coefficient (Wildman–Crippen LogP) is -0.965. The minimum Gasteiger partial charge on any atom is -1.00 e. The van der Waals surface area contributed by atoms with Gasteiger partial charge >= 0.3 is 5.69 Å². The van der Waals surface area contributed by atoms with Gasteiger partial charge in [-0.05, 0) is 39.3 Å². The zero-order valence-electron chi connectivity index (χ0n) is 12.7. The summed E-state index contributed by atoms with van der Waals surface area (Å²) in [6.45, 7) is 8.18. The fourth-order valence-corrected chi connectivity index (χ4v) is 1.56. The van der Waals surface area contributed by atoms with Crippen LogP contribution in [0.25, 0.3) is 0 Å². The number of aliphatic hydroxyl groups is 1. The van der Waals surface area contributed by atoms with Crippen LogP contribution < -0.4 is 22.5 Å². The summed E-state index contributed by atoms with van der Waals surface area (Å²) < 4.78 is 5.37. The van der Waals surface area contributed by atoms with Gasteiger partial charge < -0.3 is 27.6 Å². The molecule has 0 spiro atoms. The fraction of sp³-hybridized carbons (Fsp3) is 0.571. The van der Waals surface area contributed by atoms with Crippen LogP contribution in [0.5, 0.6) is 5.75 Å². The van der Waals surface area contributed by atoms with Crippen LogP contribution in [-0.4, -0.2) is 34.8 Å². The van der Waals surface area contributed by atoms with Gasteiger partial charge in [0.05, 0.1) is 4.92 Å². The first-order valence-electron chi connectivity index (χ1n) is 6.50. The van der Waals surface area contributed by atoms with Crippen LogP contribution in [0.15, 0.2) is 18.2 Å². The lowest BCUT2D eigenvalue weighted by Gasteiger charge is -2.22. The van der Waals surface area contributed by atoms with Crippen LogP contribution >= 0.6 is 0 Å². The molecule has 21 heavy (non-hydrogen) atoms. The highest BCUT2D eigenvalue weighted by Crippen LogP contribution is 2.27. The molecule has 0 heterocycles. The van der Waals surface area contributed by atoms with Gasteiger partial charge in [0.2, 0.25) is 0 Å². The first-order valence-corrected chi connectivity index (χ1v) is 6.50. The van der Waals surface area contributed by atoms with Gasteiger partial charge in [0.15, 0.2) is 5.75 Å². The molecule has 1 atom stereocenters. The Bertz CT molecular complexity index is 475. The third-order valence-electron chi connectivity index (χ3n) is 2.61. The van der Waals surface area contributed by atoms with Crippen LogP contribution in [0, 0.1) is 17.0 Å². The monoisotopic (exact) mass is 317 g/mol. The van der Waals surface area contributed by atoms with Crippen molar-refractivity contribution in [2.24, 2.45) is 0 Å². The molecule has 1 aromatic rings. The topological polar surface area (TPSA) is 84.6 Å². The second kappa shape index (κ2) is 8.17. The Hall–Kier alpha value is -1.37. The first kappa shape index (κ1) is 19.6. The minimum absolute atomic E-state index is 0. The van der Waals surface area contributed by atoms with Gasteiger partial charge in [-0.3, -0.25) is 10.1 Å². The molecule has 2 N–H and O–H groups in total. The van der Waals surface area contributed by atoms with Gasteiger partial charge in [-0.15, -0.1) is 0 Å². The number of nitro groups is 1. The van der Waals surface area contributed by atoms with E-state index in [1.54, 1.807) is 12.1 Å². The maximum absolute atomic E-state index is 10.9. The highest BCUT2D eigenvalue weighted by Gasteiger charge is 2.17. The lowest BCUT2D eigenvalue weighted by atomic mass is 10.1. The van der Waals surface area contributed by atoms with E-state index in [1.807, 2.05) is 27.7 Å². The summed E-state index contributed by atoms with van der Waals surface area (Å²) in [5, 5.41) is 23.8. The third kappa shape index (κ3) is 7.27. The van der Waals surface area contributed by atoms with Crippen LogP contribution in [0.1, 0.15) is 26.3 Å². The smallest absolute Gasteiger partial charge is 0.310 e. The molecule has 0 fully saturated rings. The number of ether oxygens (including phenoxy) is 1.